The monoisotopic (exact) mass is 240 g/mol. The Labute approximate surface area is 108 Å². The predicted molar refractivity (Wildman–Crippen MR) is 76.0 cm³/mol. The largest absolute Gasteiger partial charge is 0.329 e. The van der Waals surface area contributed by atoms with Gasteiger partial charge in [0.2, 0.25) is 0 Å². The van der Waals surface area contributed by atoms with E-state index in [0.717, 1.165) is 24.3 Å². The molecule has 2 nitrogen and oxygen atoms in total. The Balaban J connectivity index is 2.58. The topological polar surface area (TPSA) is 29.3 Å². The maximum Gasteiger partial charge on any atom is 0.0246 e. The van der Waals surface area contributed by atoms with Gasteiger partial charge >= 0.3 is 0 Å². The Kier molecular flexibility index (Phi) is 5.94. The minimum absolute atomic E-state index is 0.623. The molecule has 0 aliphatic heterocycles. The summed E-state index contributed by atoms with van der Waals surface area (Å²) < 4.78 is 0. The third-order valence-corrected chi connectivity index (χ3v) is 3.99. The summed E-state index contributed by atoms with van der Waals surface area (Å²) in [6.07, 6.45) is 5.39. The highest BCUT2D eigenvalue weighted by molar-refractivity contribution is 4.90. The lowest BCUT2D eigenvalue weighted by atomic mass is 9.93. The third-order valence-electron chi connectivity index (χ3n) is 3.99. The molecule has 0 amide bonds. The molecule has 1 aliphatic rings. The highest BCUT2D eigenvalue weighted by Gasteiger charge is 2.35. The quantitative estimate of drug-likeness (QED) is 0.706. The minimum atomic E-state index is 0.623. The molecule has 2 N–H and O–H groups in total. The van der Waals surface area contributed by atoms with Crippen LogP contribution in [0, 0.1) is 17.8 Å². The van der Waals surface area contributed by atoms with Gasteiger partial charge in [0.05, 0.1) is 0 Å². The van der Waals surface area contributed by atoms with Crippen LogP contribution in [0.1, 0.15) is 53.4 Å². The molecule has 0 aromatic heterocycles. The van der Waals surface area contributed by atoms with Crippen LogP contribution >= 0.6 is 0 Å². The molecule has 0 bridgehead atoms. The fourth-order valence-electron chi connectivity index (χ4n) is 2.96. The molecule has 1 rings (SSSR count). The van der Waals surface area contributed by atoms with Gasteiger partial charge in [0.1, 0.15) is 0 Å². The van der Waals surface area contributed by atoms with Crippen LogP contribution in [0.4, 0.5) is 0 Å². The molecule has 1 saturated carbocycles. The lowest BCUT2D eigenvalue weighted by molar-refractivity contribution is 0.123. The van der Waals surface area contributed by atoms with Crippen molar-refractivity contribution in [1.29, 1.82) is 0 Å². The number of nitrogens with two attached hydrogens (primary N) is 1. The van der Waals surface area contributed by atoms with Gasteiger partial charge in [-0.15, -0.1) is 0 Å². The molecule has 0 radical (unpaired) electrons. The summed E-state index contributed by atoms with van der Waals surface area (Å²) in [5.74, 6) is 2.43. The van der Waals surface area contributed by atoms with Crippen LogP contribution in [0.5, 0.6) is 0 Å². The van der Waals surface area contributed by atoms with Crippen molar-refractivity contribution in [3.05, 3.63) is 0 Å². The first kappa shape index (κ1) is 15.0. The normalized spacial score (nSPS) is 18.7. The highest BCUT2D eigenvalue weighted by Crippen LogP contribution is 2.36. The molecule has 0 saturated heterocycles. The fourth-order valence-corrected chi connectivity index (χ4v) is 2.96. The summed E-state index contributed by atoms with van der Waals surface area (Å²) in [5.41, 5.74) is 5.97. The number of rotatable bonds is 8. The van der Waals surface area contributed by atoms with Crippen LogP contribution in [-0.2, 0) is 0 Å². The van der Waals surface area contributed by atoms with Crippen molar-refractivity contribution in [2.24, 2.45) is 23.5 Å². The first-order valence-electron chi connectivity index (χ1n) is 7.37. The summed E-state index contributed by atoms with van der Waals surface area (Å²) in [5, 5.41) is 0. The van der Waals surface area contributed by atoms with E-state index in [1.807, 2.05) is 0 Å². The Morgan fingerprint density at radius 1 is 1.06 bits per heavy atom. The third kappa shape index (κ3) is 4.97. The molecule has 1 unspecified atom stereocenters. The summed E-state index contributed by atoms with van der Waals surface area (Å²) in [4.78, 5) is 2.59. The van der Waals surface area contributed by atoms with Crippen LogP contribution in [-0.4, -0.2) is 30.6 Å². The van der Waals surface area contributed by atoms with Crippen LogP contribution < -0.4 is 5.73 Å². The molecule has 0 heterocycles. The smallest absolute Gasteiger partial charge is 0.0246 e. The van der Waals surface area contributed by atoms with E-state index in [2.05, 4.69) is 39.6 Å². The van der Waals surface area contributed by atoms with Gasteiger partial charge in [0, 0.05) is 18.6 Å². The molecular weight excluding hydrogens is 208 g/mol. The van der Waals surface area contributed by atoms with Crippen LogP contribution in [0.15, 0.2) is 0 Å². The van der Waals surface area contributed by atoms with Crippen molar-refractivity contribution in [2.45, 2.75) is 65.5 Å². The maximum atomic E-state index is 5.97. The number of likely N-dealkylation sites (N-methyl/N-ethyl adjacent to an activating group) is 1. The van der Waals surface area contributed by atoms with Gasteiger partial charge in [-0.3, -0.25) is 4.90 Å². The van der Waals surface area contributed by atoms with Crippen LogP contribution in [0.3, 0.4) is 0 Å². The first-order chi connectivity index (χ1) is 7.95. The average Bonchev–Trinajstić information content (AvgIpc) is 3.00. The van der Waals surface area contributed by atoms with Gasteiger partial charge in [-0.25, -0.2) is 0 Å². The Morgan fingerprint density at radius 2 is 1.53 bits per heavy atom. The number of hydrogen-bond donors (Lipinski definition) is 1. The standard InChI is InChI=1S/C15H32N2/c1-11(2)8-14(9-12(3)4)17(5)15(10-16)13-6-7-13/h11-15H,6-10,16H2,1-5H3. The van der Waals surface area contributed by atoms with Gasteiger partial charge < -0.3 is 5.73 Å². The van der Waals surface area contributed by atoms with Crippen molar-refractivity contribution < 1.29 is 0 Å². The van der Waals surface area contributed by atoms with E-state index < -0.39 is 0 Å². The molecule has 1 fully saturated rings. The molecular formula is C15H32N2. The zero-order valence-electron chi connectivity index (χ0n) is 12.4. The maximum absolute atomic E-state index is 5.97. The Bertz CT molecular complexity index is 199. The number of hydrogen-bond acceptors (Lipinski definition) is 2. The second kappa shape index (κ2) is 6.75. The lowest BCUT2D eigenvalue weighted by Gasteiger charge is -2.36. The van der Waals surface area contributed by atoms with Gasteiger partial charge in [-0.1, -0.05) is 27.7 Å². The van der Waals surface area contributed by atoms with Crippen molar-refractivity contribution in [2.75, 3.05) is 13.6 Å². The van der Waals surface area contributed by atoms with E-state index in [1.54, 1.807) is 0 Å². The van der Waals surface area contributed by atoms with Gasteiger partial charge in [-0.2, -0.15) is 0 Å². The van der Waals surface area contributed by atoms with E-state index >= 15 is 0 Å². The zero-order chi connectivity index (χ0) is 13.0. The van der Waals surface area contributed by atoms with E-state index in [0.29, 0.717) is 12.1 Å². The Hall–Kier alpha value is -0.0800. The Morgan fingerprint density at radius 3 is 1.82 bits per heavy atom. The van der Waals surface area contributed by atoms with E-state index in [9.17, 15) is 0 Å². The van der Waals surface area contributed by atoms with Crippen molar-refractivity contribution >= 4 is 0 Å². The lowest BCUT2D eigenvalue weighted by Crippen LogP contribution is -2.46. The van der Waals surface area contributed by atoms with Gasteiger partial charge in [-0.05, 0) is 50.5 Å². The van der Waals surface area contributed by atoms with E-state index in [-0.39, 0.29) is 0 Å². The molecule has 1 atom stereocenters. The molecule has 0 spiro atoms. The highest BCUT2D eigenvalue weighted by atomic mass is 15.2. The van der Waals surface area contributed by atoms with Crippen LogP contribution in [0.2, 0.25) is 0 Å². The first-order valence-corrected chi connectivity index (χ1v) is 7.37. The van der Waals surface area contributed by atoms with Crippen LogP contribution in [0.25, 0.3) is 0 Å². The molecule has 0 aromatic rings. The van der Waals surface area contributed by atoms with Crippen molar-refractivity contribution in [1.82, 2.24) is 4.90 Å². The molecule has 0 aromatic carbocycles. The minimum Gasteiger partial charge on any atom is -0.329 e. The molecule has 2 heteroatoms. The van der Waals surface area contributed by atoms with E-state index in [1.165, 1.54) is 25.7 Å². The zero-order valence-corrected chi connectivity index (χ0v) is 12.4. The summed E-state index contributed by atoms with van der Waals surface area (Å²) in [7, 11) is 2.30. The molecule has 1 aliphatic carbocycles. The van der Waals surface area contributed by atoms with Gasteiger partial charge in [0.15, 0.2) is 0 Å². The SMILES string of the molecule is CC(C)CC(CC(C)C)N(C)C(CN)C1CC1. The number of nitrogens with zero attached hydrogens (tertiary/aromatic N) is 1. The predicted octanol–water partition coefficient (Wildman–Crippen LogP) is 3.12. The van der Waals surface area contributed by atoms with E-state index in [4.69, 9.17) is 5.73 Å². The summed E-state index contributed by atoms with van der Waals surface area (Å²) >= 11 is 0. The summed E-state index contributed by atoms with van der Waals surface area (Å²) in [6.45, 7) is 10.1. The van der Waals surface area contributed by atoms with Crippen molar-refractivity contribution in [3.63, 3.8) is 0 Å². The molecule has 17 heavy (non-hydrogen) atoms. The average molecular weight is 240 g/mol. The second-order valence-corrected chi connectivity index (χ2v) is 6.72. The second-order valence-electron chi connectivity index (χ2n) is 6.72. The molecule has 102 valence electrons. The van der Waals surface area contributed by atoms with Gasteiger partial charge in [0.25, 0.3) is 0 Å². The summed E-state index contributed by atoms with van der Waals surface area (Å²) in [6, 6.07) is 1.33. The fraction of sp³-hybridized carbons (Fsp3) is 1.00. The van der Waals surface area contributed by atoms with Crippen molar-refractivity contribution in [3.8, 4) is 0 Å².